The molecular weight excluding hydrogens is 164 g/mol. The zero-order chi connectivity index (χ0) is 9.56. The molecule has 0 bridgehead atoms. The molecule has 2 atom stereocenters. The third-order valence-electron chi connectivity index (χ3n) is 1.33. The van der Waals surface area contributed by atoms with Crippen LogP contribution in [0.25, 0.3) is 0 Å². The van der Waals surface area contributed by atoms with Crippen LogP contribution in [0.3, 0.4) is 0 Å². The first-order valence-corrected chi connectivity index (χ1v) is 3.74. The second-order valence-corrected chi connectivity index (χ2v) is 2.35. The molecule has 0 radical (unpaired) electrons. The number of carbonyl (C=O) groups is 1. The van der Waals surface area contributed by atoms with Gasteiger partial charge in [-0.05, 0) is 0 Å². The summed E-state index contributed by atoms with van der Waals surface area (Å²) >= 11 is 0. The number of esters is 1. The van der Waals surface area contributed by atoms with E-state index in [4.69, 9.17) is 15.3 Å². The Morgan fingerprint density at radius 3 is 2.42 bits per heavy atom. The van der Waals surface area contributed by atoms with Crippen LogP contribution in [0, 0.1) is 0 Å². The topological polar surface area (TPSA) is 87.0 Å². The second-order valence-electron chi connectivity index (χ2n) is 2.35. The lowest BCUT2D eigenvalue weighted by Gasteiger charge is -2.14. The molecule has 0 aliphatic carbocycles. The summed E-state index contributed by atoms with van der Waals surface area (Å²) in [7, 11) is 0. The van der Waals surface area contributed by atoms with Crippen molar-refractivity contribution in [3.8, 4) is 0 Å². The first kappa shape index (κ1) is 11.4. The molecule has 0 aromatic carbocycles. The zero-order valence-electron chi connectivity index (χ0n) is 6.93. The Kier molecular flexibility index (Phi) is 5.61. The first-order chi connectivity index (χ1) is 5.61. The average Bonchev–Trinajstić information content (AvgIpc) is 2.11. The van der Waals surface area contributed by atoms with Crippen molar-refractivity contribution >= 4 is 5.97 Å². The van der Waals surface area contributed by atoms with Gasteiger partial charge in [-0.25, -0.2) is 0 Å². The van der Waals surface area contributed by atoms with Crippen LogP contribution in [0.4, 0.5) is 0 Å². The number of carbonyl (C=O) groups excluding carboxylic acids is 1. The summed E-state index contributed by atoms with van der Waals surface area (Å²) in [5, 5.41) is 26.2. The van der Waals surface area contributed by atoms with Crippen LogP contribution in [-0.4, -0.2) is 46.7 Å². The normalized spacial score (nSPS) is 15.3. The molecule has 0 aromatic heterocycles. The van der Waals surface area contributed by atoms with Crippen molar-refractivity contribution in [1.29, 1.82) is 0 Å². The lowest BCUT2D eigenvalue weighted by Crippen LogP contribution is -2.34. The predicted molar refractivity (Wildman–Crippen MR) is 40.3 cm³/mol. The minimum Gasteiger partial charge on any atom is -0.463 e. The first-order valence-electron chi connectivity index (χ1n) is 3.74. The van der Waals surface area contributed by atoms with E-state index in [1.54, 1.807) is 6.92 Å². The molecule has 0 aliphatic rings. The molecule has 12 heavy (non-hydrogen) atoms. The van der Waals surface area contributed by atoms with Gasteiger partial charge in [-0.15, -0.1) is 0 Å². The third-order valence-corrected chi connectivity index (χ3v) is 1.33. The van der Waals surface area contributed by atoms with Gasteiger partial charge in [0.2, 0.25) is 0 Å². The third kappa shape index (κ3) is 4.27. The number of ether oxygens (including phenoxy) is 1. The number of hydrogen-bond donors (Lipinski definition) is 3. The molecule has 0 aliphatic heterocycles. The van der Waals surface area contributed by atoms with Crippen LogP contribution in [-0.2, 0) is 9.53 Å². The van der Waals surface area contributed by atoms with Crippen LogP contribution < -0.4 is 0 Å². The van der Waals surface area contributed by atoms with Gasteiger partial charge in [0.15, 0.2) is 0 Å². The largest absolute Gasteiger partial charge is 0.463 e. The molecular formula is C7H14O5. The SMILES string of the molecule is CCC(=O)OC[C@@H](O)[C@H](O)CO. The van der Waals surface area contributed by atoms with Gasteiger partial charge in [-0.2, -0.15) is 0 Å². The highest BCUT2D eigenvalue weighted by Crippen LogP contribution is 1.94. The molecule has 5 nitrogen and oxygen atoms in total. The van der Waals surface area contributed by atoms with E-state index in [2.05, 4.69) is 4.74 Å². The van der Waals surface area contributed by atoms with Gasteiger partial charge in [-0.3, -0.25) is 4.79 Å². The van der Waals surface area contributed by atoms with E-state index < -0.39 is 24.8 Å². The molecule has 0 unspecified atom stereocenters. The molecule has 0 saturated carbocycles. The molecule has 3 N–H and O–H groups in total. The monoisotopic (exact) mass is 178 g/mol. The molecule has 0 spiro atoms. The summed E-state index contributed by atoms with van der Waals surface area (Å²) in [6.45, 7) is 0.788. The summed E-state index contributed by atoms with van der Waals surface area (Å²) in [6, 6.07) is 0. The highest BCUT2D eigenvalue weighted by Gasteiger charge is 2.16. The number of rotatable bonds is 5. The van der Waals surface area contributed by atoms with Crippen LogP contribution in [0.2, 0.25) is 0 Å². The maximum Gasteiger partial charge on any atom is 0.305 e. The molecule has 0 heterocycles. The molecule has 0 aromatic rings. The average molecular weight is 178 g/mol. The Morgan fingerprint density at radius 2 is 2.00 bits per heavy atom. The minimum atomic E-state index is -1.25. The lowest BCUT2D eigenvalue weighted by molar-refractivity contribution is -0.149. The smallest absolute Gasteiger partial charge is 0.305 e. The van der Waals surface area contributed by atoms with Crippen molar-refractivity contribution in [2.75, 3.05) is 13.2 Å². The van der Waals surface area contributed by atoms with E-state index >= 15 is 0 Å². The molecule has 72 valence electrons. The van der Waals surface area contributed by atoms with Crippen LogP contribution in [0.5, 0.6) is 0 Å². The fraction of sp³-hybridized carbons (Fsp3) is 0.857. The summed E-state index contributed by atoms with van der Waals surface area (Å²) in [4.78, 5) is 10.5. The number of aliphatic hydroxyl groups excluding tert-OH is 3. The fourth-order valence-corrected chi connectivity index (χ4v) is 0.513. The van der Waals surface area contributed by atoms with Gasteiger partial charge in [0, 0.05) is 6.42 Å². The summed E-state index contributed by atoms with van der Waals surface area (Å²) in [5.74, 6) is -0.445. The highest BCUT2D eigenvalue weighted by molar-refractivity contribution is 5.68. The van der Waals surface area contributed by atoms with Crippen molar-refractivity contribution in [3.63, 3.8) is 0 Å². The Labute approximate surface area is 70.6 Å². The fourth-order valence-electron chi connectivity index (χ4n) is 0.513. The van der Waals surface area contributed by atoms with E-state index in [0.29, 0.717) is 0 Å². The Morgan fingerprint density at radius 1 is 1.42 bits per heavy atom. The van der Waals surface area contributed by atoms with Gasteiger partial charge >= 0.3 is 5.97 Å². The van der Waals surface area contributed by atoms with E-state index in [0.717, 1.165) is 0 Å². The molecule has 0 amide bonds. The lowest BCUT2D eigenvalue weighted by atomic mass is 10.2. The van der Waals surface area contributed by atoms with Crippen molar-refractivity contribution in [1.82, 2.24) is 0 Å². The molecule has 0 rings (SSSR count). The molecule has 5 heteroatoms. The number of hydrogen-bond acceptors (Lipinski definition) is 5. The Bertz CT molecular complexity index is 136. The second kappa shape index (κ2) is 5.93. The maximum atomic E-state index is 10.5. The van der Waals surface area contributed by atoms with Crippen LogP contribution in [0.1, 0.15) is 13.3 Å². The van der Waals surface area contributed by atoms with E-state index in [-0.39, 0.29) is 13.0 Å². The quantitative estimate of drug-likeness (QED) is 0.453. The Balaban J connectivity index is 3.56. The summed E-state index contributed by atoms with van der Waals surface area (Å²) < 4.78 is 4.52. The van der Waals surface area contributed by atoms with E-state index in [9.17, 15) is 4.79 Å². The molecule has 0 saturated heterocycles. The van der Waals surface area contributed by atoms with E-state index in [1.807, 2.05) is 0 Å². The van der Waals surface area contributed by atoms with Gasteiger partial charge in [-0.1, -0.05) is 6.92 Å². The van der Waals surface area contributed by atoms with Crippen molar-refractivity contribution in [3.05, 3.63) is 0 Å². The van der Waals surface area contributed by atoms with Gasteiger partial charge in [0.05, 0.1) is 6.61 Å². The standard InChI is InChI=1S/C7H14O5/c1-2-7(11)12-4-6(10)5(9)3-8/h5-6,8-10H,2-4H2,1H3/t5-,6-/m1/s1. The molecule has 0 fully saturated rings. The zero-order valence-corrected chi connectivity index (χ0v) is 6.93. The van der Waals surface area contributed by atoms with Gasteiger partial charge < -0.3 is 20.1 Å². The summed E-state index contributed by atoms with van der Waals surface area (Å²) in [5.41, 5.74) is 0. The predicted octanol–water partition coefficient (Wildman–Crippen LogP) is -1.35. The highest BCUT2D eigenvalue weighted by atomic mass is 16.5. The van der Waals surface area contributed by atoms with Crippen LogP contribution >= 0.6 is 0 Å². The minimum absolute atomic E-state index is 0.224. The van der Waals surface area contributed by atoms with Gasteiger partial charge in [0.25, 0.3) is 0 Å². The number of aliphatic hydroxyl groups is 3. The van der Waals surface area contributed by atoms with Crippen molar-refractivity contribution < 1.29 is 24.9 Å². The summed E-state index contributed by atoms with van der Waals surface area (Å²) in [6.07, 6.45) is -2.25. The van der Waals surface area contributed by atoms with E-state index in [1.165, 1.54) is 0 Å². The Hall–Kier alpha value is -0.650. The van der Waals surface area contributed by atoms with Crippen LogP contribution in [0.15, 0.2) is 0 Å². The van der Waals surface area contributed by atoms with Crippen molar-refractivity contribution in [2.24, 2.45) is 0 Å². The van der Waals surface area contributed by atoms with Gasteiger partial charge in [0.1, 0.15) is 18.8 Å². The maximum absolute atomic E-state index is 10.5. The van der Waals surface area contributed by atoms with Crippen molar-refractivity contribution in [2.45, 2.75) is 25.6 Å².